The van der Waals surface area contributed by atoms with Gasteiger partial charge in [-0.1, -0.05) is 41.4 Å². The number of anilines is 1. The second-order valence-corrected chi connectivity index (χ2v) is 14.0. The number of nitrogens with zero attached hydrogens (tertiary/aromatic N) is 6. The standard InChI is InChI=1S/C38H38Cl2N6O4/c1-19-16-24(17-20(2)32(19)40)50-15-9-11-25-26-13-14-28(39)31(30-22(4)41-43(6)23(30)5)35(26)46-21(3)18-45(37(47)36(25)46)29-12-8-10-27-33(38(48)49)42-44(7)34(27)29/h8,10,12-14,16-17,21H,9,11,15,18H2,1-7H3,(H,48,49)/t21-/m1/s1. The number of para-hydroxylation sites is 1. The van der Waals surface area contributed by atoms with Crippen LogP contribution in [-0.2, 0) is 20.5 Å². The number of aromatic nitrogens is 5. The van der Waals surface area contributed by atoms with E-state index in [1.54, 1.807) is 28.8 Å². The van der Waals surface area contributed by atoms with Crippen molar-refractivity contribution in [1.82, 2.24) is 24.1 Å². The maximum atomic E-state index is 14.9. The van der Waals surface area contributed by atoms with Gasteiger partial charge in [-0.3, -0.25) is 14.2 Å². The van der Waals surface area contributed by atoms with E-state index in [2.05, 4.69) is 16.6 Å². The van der Waals surface area contributed by atoms with Crippen LogP contribution >= 0.6 is 23.2 Å². The normalized spacial score (nSPS) is 14.6. The first-order valence-corrected chi connectivity index (χ1v) is 17.3. The molecule has 3 aromatic heterocycles. The molecule has 1 aliphatic heterocycles. The van der Waals surface area contributed by atoms with E-state index in [0.717, 1.165) is 60.9 Å². The number of benzene rings is 3. The Bertz CT molecular complexity index is 2360. The zero-order valence-electron chi connectivity index (χ0n) is 29.1. The molecule has 1 aliphatic rings. The minimum absolute atomic E-state index is 0.0516. The van der Waals surface area contributed by atoms with Crippen molar-refractivity contribution < 1.29 is 19.4 Å². The molecule has 0 bridgehead atoms. The highest BCUT2D eigenvalue weighted by Gasteiger charge is 2.38. The van der Waals surface area contributed by atoms with Crippen LogP contribution in [0.25, 0.3) is 32.9 Å². The summed E-state index contributed by atoms with van der Waals surface area (Å²) >= 11 is 13.4. The molecule has 1 amide bonds. The Labute approximate surface area is 299 Å². The Morgan fingerprint density at radius 1 is 0.960 bits per heavy atom. The van der Waals surface area contributed by atoms with Crippen molar-refractivity contribution in [1.29, 1.82) is 0 Å². The fourth-order valence-corrected chi connectivity index (χ4v) is 7.99. The first-order chi connectivity index (χ1) is 23.8. The molecule has 6 aromatic rings. The predicted molar refractivity (Wildman–Crippen MR) is 197 cm³/mol. The van der Waals surface area contributed by atoms with Gasteiger partial charge in [0.2, 0.25) is 0 Å². The summed E-state index contributed by atoms with van der Waals surface area (Å²) in [6, 6.07) is 13.0. The number of aryl methyl sites for hydroxylation is 6. The van der Waals surface area contributed by atoms with E-state index in [9.17, 15) is 14.7 Å². The highest BCUT2D eigenvalue weighted by molar-refractivity contribution is 6.35. The molecule has 1 atom stereocenters. The maximum Gasteiger partial charge on any atom is 0.357 e. The van der Waals surface area contributed by atoms with Crippen molar-refractivity contribution in [2.75, 3.05) is 18.1 Å². The molecule has 10 nitrogen and oxygen atoms in total. The van der Waals surface area contributed by atoms with E-state index >= 15 is 0 Å². The molecular weight excluding hydrogens is 675 g/mol. The molecule has 1 N–H and O–H groups in total. The van der Waals surface area contributed by atoms with Crippen molar-refractivity contribution in [3.63, 3.8) is 0 Å². The average Bonchev–Trinajstić information content (AvgIpc) is 3.68. The van der Waals surface area contributed by atoms with Gasteiger partial charge in [-0.2, -0.15) is 10.2 Å². The third-order valence-electron chi connectivity index (χ3n) is 9.90. The molecule has 50 heavy (non-hydrogen) atoms. The molecular formula is C38H38Cl2N6O4. The van der Waals surface area contributed by atoms with Gasteiger partial charge in [0.15, 0.2) is 5.69 Å². The molecule has 0 fully saturated rings. The topological polar surface area (TPSA) is 107 Å². The van der Waals surface area contributed by atoms with Gasteiger partial charge in [0.1, 0.15) is 11.4 Å². The average molecular weight is 714 g/mol. The lowest BCUT2D eigenvalue weighted by atomic mass is 9.98. The maximum absolute atomic E-state index is 14.9. The van der Waals surface area contributed by atoms with Gasteiger partial charge in [0.05, 0.1) is 34.0 Å². The molecule has 7 rings (SSSR count). The fraction of sp³-hybridized carbons (Fsp3) is 0.316. The summed E-state index contributed by atoms with van der Waals surface area (Å²) in [5.41, 5.74) is 9.09. The van der Waals surface area contributed by atoms with Crippen LogP contribution in [0, 0.1) is 27.7 Å². The van der Waals surface area contributed by atoms with Crippen molar-refractivity contribution in [2.45, 2.75) is 53.5 Å². The third kappa shape index (κ3) is 5.24. The van der Waals surface area contributed by atoms with Crippen LogP contribution < -0.4 is 9.64 Å². The molecule has 258 valence electrons. The number of amides is 1. The summed E-state index contributed by atoms with van der Waals surface area (Å²) in [4.78, 5) is 28.7. The number of aromatic carboxylic acids is 1. The Morgan fingerprint density at radius 3 is 2.34 bits per heavy atom. The lowest BCUT2D eigenvalue weighted by molar-refractivity contribution is 0.0691. The van der Waals surface area contributed by atoms with Gasteiger partial charge in [0, 0.05) is 59.3 Å². The molecule has 0 spiro atoms. The smallest absolute Gasteiger partial charge is 0.357 e. The molecule has 0 radical (unpaired) electrons. The molecule has 4 heterocycles. The number of carbonyl (C=O) groups is 2. The molecule has 0 aliphatic carbocycles. The summed E-state index contributed by atoms with van der Waals surface area (Å²) in [6.07, 6.45) is 1.22. The second kappa shape index (κ2) is 12.5. The van der Waals surface area contributed by atoms with Gasteiger partial charge in [-0.05, 0) is 88.4 Å². The van der Waals surface area contributed by atoms with Crippen LogP contribution in [0.3, 0.4) is 0 Å². The number of ether oxygens (including phenoxy) is 1. The predicted octanol–water partition coefficient (Wildman–Crippen LogP) is 8.40. The number of carboxylic acids is 1. The van der Waals surface area contributed by atoms with Gasteiger partial charge in [0.25, 0.3) is 5.91 Å². The van der Waals surface area contributed by atoms with Crippen LogP contribution in [0.2, 0.25) is 10.0 Å². The van der Waals surface area contributed by atoms with Gasteiger partial charge >= 0.3 is 5.97 Å². The summed E-state index contributed by atoms with van der Waals surface area (Å²) in [5.74, 6) is -0.540. The van der Waals surface area contributed by atoms with Crippen LogP contribution in [-0.4, -0.2) is 54.3 Å². The third-order valence-corrected chi connectivity index (χ3v) is 10.8. The van der Waals surface area contributed by atoms with E-state index in [1.165, 1.54) is 0 Å². The Hall–Kier alpha value is -4.80. The molecule has 0 saturated heterocycles. The van der Waals surface area contributed by atoms with Crippen molar-refractivity contribution in [3.05, 3.63) is 92.0 Å². The summed E-state index contributed by atoms with van der Waals surface area (Å²) < 4.78 is 11.7. The number of hydrogen-bond acceptors (Lipinski definition) is 5. The fourth-order valence-electron chi connectivity index (χ4n) is 7.63. The minimum Gasteiger partial charge on any atom is -0.494 e. The first-order valence-electron chi connectivity index (χ1n) is 16.6. The van der Waals surface area contributed by atoms with E-state index in [0.29, 0.717) is 53.3 Å². The summed E-state index contributed by atoms with van der Waals surface area (Å²) in [5, 5.41) is 21.6. The van der Waals surface area contributed by atoms with Crippen LogP contribution in [0.4, 0.5) is 5.69 Å². The summed E-state index contributed by atoms with van der Waals surface area (Å²) in [7, 11) is 3.62. The van der Waals surface area contributed by atoms with Gasteiger partial charge < -0.3 is 19.3 Å². The van der Waals surface area contributed by atoms with Crippen molar-refractivity contribution >= 4 is 62.6 Å². The molecule has 12 heteroatoms. The number of carboxylic acid groups (broad SMARTS) is 1. The van der Waals surface area contributed by atoms with Gasteiger partial charge in [-0.25, -0.2) is 4.79 Å². The Kier molecular flexibility index (Phi) is 8.43. The lowest BCUT2D eigenvalue weighted by Gasteiger charge is -2.34. The second-order valence-electron chi connectivity index (χ2n) is 13.2. The lowest BCUT2D eigenvalue weighted by Crippen LogP contribution is -2.43. The number of hydrogen-bond donors (Lipinski definition) is 1. The molecule has 3 aromatic carbocycles. The van der Waals surface area contributed by atoms with E-state index < -0.39 is 5.97 Å². The zero-order chi connectivity index (χ0) is 35.8. The van der Waals surface area contributed by atoms with E-state index in [-0.39, 0.29) is 17.6 Å². The monoisotopic (exact) mass is 712 g/mol. The van der Waals surface area contributed by atoms with Crippen LogP contribution in [0.5, 0.6) is 5.75 Å². The Morgan fingerprint density at radius 2 is 1.68 bits per heavy atom. The van der Waals surface area contributed by atoms with Crippen molar-refractivity contribution in [2.24, 2.45) is 14.1 Å². The number of carbonyl (C=O) groups excluding carboxylic acids is 1. The van der Waals surface area contributed by atoms with Crippen LogP contribution in [0.1, 0.15) is 68.4 Å². The minimum atomic E-state index is -1.12. The molecule has 0 unspecified atom stereocenters. The summed E-state index contributed by atoms with van der Waals surface area (Å²) in [6.45, 7) is 10.8. The SMILES string of the molecule is Cc1cc(OCCCc2c3n(c4c(-c5c(C)nn(C)c5C)c(Cl)ccc24)[C@H](C)CN(c2cccc4c(C(=O)O)nn(C)c24)C3=O)cc(C)c1Cl. The molecule has 0 saturated carbocycles. The number of fused-ring (bicyclic) bond motifs is 4. The highest BCUT2D eigenvalue weighted by Crippen LogP contribution is 2.45. The van der Waals surface area contributed by atoms with E-state index in [4.69, 9.17) is 33.0 Å². The Balaban J connectivity index is 1.38. The van der Waals surface area contributed by atoms with Crippen LogP contribution in [0.15, 0.2) is 42.5 Å². The highest BCUT2D eigenvalue weighted by atomic mass is 35.5. The zero-order valence-corrected chi connectivity index (χ0v) is 30.6. The number of halogens is 2. The number of rotatable bonds is 8. The van der Waals surface area contributed by atoms with Crippen molar-refractivity contribution in [3.8, 4) is 16.9 Å². The van der Waals surface area contributed by atoms with E-state index in [1.807, 2.05) is 69.8 Å². The largest absolute Gasteiger partial charge is 0.494 e. The van der Waals surface area contributed by atoms with Gasteiger partial charge in [-0.15, -0.1) is 0 Å². The first kappa shape index (κ1) is 33.7. The quantitative estimate of drug-likeness (QED) is 0.159.